The van der Waals surface area contributed by atoms with E-state index in [2.05, 4.69) is 0 Å². The van der Waals surface area contributed by atoms with Gasteiger partial charge in [0.05, 0.1) is 5.56 Å². The lowest BCUT2D eigenvalue weighted by Crippen LogP contribution is -2.23. The van der Waals surface area contributed by atoms with E-state index in [0.29, 0.717) is 16.9 Å². The summed E-state index contributed by atoms with van der Waals surface area (Å²) < 4.78 is 6.17. The third kappa shape index (κ3) is 2.60. The first-order chi connectivity index (χ1) is 11.3. The number of hydrogen-bond donors (Lipinski definition) is 0. The Bertz CT molecular complexity index is 864. The molecule has 1 aromatic heterocycles. The number of Topliss-reactive ketones (excluding diaryl/α,β-unsaturated/α-hetero) is 1. The molecule has 0 N–H and O–H groups in total. The minimum absolute atomic E-state index is 0.0362. The average molecular weight is 318 g/mol. The fraction of sp³-hybridized carbons (Fsp3) is 0.0500. The van der Waals surface area contributed by atoms with Crippen LogP contribution >= 0.6 is 11.3 Å². The van der Waals surface area contributed by atoms with Crippen LogP contribution in [-0.2, 0) is 0 Å². The minimum atomic E-state index is -0.374. The molecule has 0 saturated carbocycles. The molecule has 0 fully saturated rings. The number of fused-ring (bicyclic) bond motifs is 1. The molecule has 1 atom stereocenters. The topological polar surface area (TPSA) is 26.3 Å². The van der Waals surface area contributed by atoms with Gasteiger partial charge in [-0.2, -0.15) is 0 Å². The highest BCUT2D eigenvalue weighted by atomic mass is 32.1. The molecule has 1 aliphatic rings. The van der Waals surface area contributed by atoms with Crippen molar-refractivity contribution in [2.24, 2.45) is 0 Å². The number of thiophene rings is 1. The molecule has 0 radical (unpaired) electrons. The monoisotopic (exact) mass is 318 g/mol. The van der Waals surface area contributed by atoms with Gasteiger partial charge in [-0.25, -0.2) is 0 Å². The van der Waals surface area contributed by atoms with Crippen molar-refractivity contribution >= 4 is 23.2 Å². The molecule has 0 saturated heterocycles. The predicted molar refractivity (Wildman–Crippen MR) is 92.9 cm³/mol. The Morgan fingerprint density at radius 1 is 0.913 bits per heavy atom. The number of carbonyl (C=O) groups excluding carboxylic acids is 1. The van der Waals surface area contributed by atoms with Crippen LogP contribution in [0.1, 0.15) is 26.9 Å². The second-order valence-electron chi connectivity index (χ2n) is 5.35. The van der Waals surface area contributed by atoms with Gasteiger partial charge in [-0.1, -0.05) is 48.5 Å². The van der Waals surface area contributed by atoms with Crippen molar-refractivity contribution in [3.63, 3.8) is 0 Å². The zero-order chi connectivity index (χ0) is 15.6. The lowest BCUT2D eigenvalue weighted by molar-refractivity contribution is 0.0963. The third-order valence-corrected chi connectivity index (χ3v) is 4.68. The van der Waals surface area contributed by atoms with Crippen LogP contribution in [-0.4, -0.2) is 5.78 Å². The minimum Gasteiger partial charge on any atom is -0.480 e. The van der Waals surface area contributed by atoms with Gasteiger partial charge in [-0.3, -0.25) is 4.79 Å². The molecule has 2 nitrogen and oxygen atoms in total. The summed E-state index contributed by atoms with van der Waals surface area (Å²) in [7, 11) is 0. The molecule has 4 rings (SSSR count). The maximum atomic E-state index is 13.0. The highest BCUT2D eigenvalue weighted by molar-refractivity contribution is 7.10. The number of hydrogen-bond acceptors (Lipinski definition) is 3. The van der Waals surface area contributed by atoms with Gasteiger partial charge in [0.15, 0.2) is 11.9 Å². The van der Waals surface area contributed by atoms with Crippen molar-refractivity contribution < 1.29 is 9.53 Å². The van der Waals surface area contributed by atoms with Crippen LogP contribution in [0.4, 0.5) is 0 Å². The van der Waals surface area contributed by atoms with Crippen molar-refractivity contribution in [2.45, 2.75) is 6.10 Å². The van der Waals surface area contributed by atoms with Crippen LogP contribution in [0.3, 0.4) is 0 Å². The molecule has 0 spiro atoms. The normalized spacial score (nSPS) is 18.5. The van der Waals surface area contributed by atoms with E-state index in [4.69, 9.17) is 4.74 Å². The van der Waals surface area contributed by atoms with Gasteiger partial charge in [0.25, 0.3) is 0 Å². The third-order valence-electron chi connectivity index (χ3n) is 3.86. The van der Waals surface area contributed by atoms with Gasteiger partial charge < -0.3 is 4.74 Å². The first-order valence-electron chi connectivity index (χ1n) is 7.43. The van der Waals surface area contributed by atoms with E-state index in [9.17, 15) is 4.79 Å². The number of ketones is 1. The Balaban J connectivity index is 1.87. The van der Waals surface area contributed by atoms with Crippen LogP contribution in [0.5, 0.6) is 5.75 Å². The van der Waals surface area contributed by atoms with Gasteiger partial charge >= 0.3 is 0 Å². The number of benzene rings is 2. The first-order valence-corrected chi connectivity index (χ1v) is 8.31. The van der Waals surface area contributed by atoms with E-state index in [-0.39, 0.29) is 11.9 Å². The molecule has 2 aromatic carbocycles. The summed E-state index contributed by atoms with van der Waals surface area (Å²) in [6, 6.07) is 21.3. The summed E-state index contributed by atoms with van der Waals surface area (Å²) in [5.74, 6) is 0.684. The van der Waals surface area contributed by atoms with Crippen molar-refractivity contribution in [1.82, 2.24) is 0 Å². The van der Waals surface area contributed by atoms with Gasteiger partial charge in [0, 0.05) is 10.5 Å². The SMILES string of the molecule is O=C1/C(=C/c2cccs2)C(c2ccccc2)Oc2ccccc21. The smallest absolute Gasteiger partial charge is 0.196 e. The zero-order valence-electron chi connectivity index (χ0n) is 12.3. The van der Waals surface area contributed by atoms with Crippen LogP contribution < -0.4 is 4.74 Å². The Hall–Kier alpha value is -2.65. The van der Waals surface area contributed by atoms with Crippen molar-refractivity contribution in [3.05, 3.63) is 93.7 Å². The van der Waals surface area contributed by atoms with Crippen LogP contribution in [0.15, 0.2) is 77.7 Å². The van der Waals surface area contributed by atoms with Crippen molar-refractivity contribution in [2.75, 3.05) is 0 Å². The Labute approximate surface area is 138 Å². The molecule has 0 bridgehead atoms. The molecule has 1 aliphatic heterocycles. The van der Waals surface area contributed by atoms with Gasteiger partial charge in [-0.05, 0) is 35.2 Å². The first kappa shape index (κ1) is 14.0. The Morgan fingerprint density at radius 3 is 2.48 bits per heavy atom. The highest BCUT2D eigenvalue weighted by Crippen LogP contribution is 2.39. The molecule has 0 aliphatic carbocycles. The van der Waals surface area contributed by atoms with Crippen molar-refractivity contribution in [3.8, 4) is 5.75 Å². The second-order valence-corrected chi connectivity index (χ2v) is 6.33. The number of rotatable bonds is 2. The molecule has 0 amide bonds. The van der Waals surface area contributed by atoms with Gasteiger partial charge in [0.2, 0.25) is 0 Å². The summed E-state index contributed by atoms with van der Waals surface area (Å²) >= 11 is 1.61. The van der Waals surface area contributed by atoms with Gasteiger partial charge in [-0.15, -0.1) is 11.3 Å². The predicted octanol–water partition coefficient (Wildman–Crippen LogP) is 5.15. The standard InChI is InChI=1S/C20H14O2S/c21-19-16-10-4-5-11-18(16)22-20(14-7-2-1-3-8-14)17(19)13-15-9-6-12-23-15/h1-13,20H/b17-13-. The molecular weight excluding hydrogens is 304 g/mol. The molecule has 23 heavy (non-hydrogen) atoms. The second kappa shape index (κ2) is 5.86. The molecule has 1 unspecified atom stereocenters. The maximum Gasteiger partial charge on any atom is 0.196 e. The summed E-state index contributed by atoms with van der Waals surface area (Å²) in [5.41, 5.74) is 2.29. The lowest BCUT2D eigenvalue weighted by atomic mass is 9.90. The average Bonchev–Trinajstić information content (AvgIpc) is 3.11. The van der Waals surface area contributed by atoms with E-state index < -0.39 is 0 Å². The lowest BCUT2D eigenvalue weighted by Gasteiger charge is -2.28. The number of carbonyl (C=O) groups is 1. The molecular formula is C20H14O2S. The number of para-hydroxylation sites is 1. The maximum absolute atomic E-state index is 13.0. The fourth-order valence-electron chi connectivity index (χ4n) is 2.77. The summed E-state index contributed by atoms with van der Waals surface area (Å²) in [6.07, 6.45) is 1.57. The number of ether oxygens (including phenoxy) is 1. The van der Waals surface area contributed by atoms with Crippen LogP contribution in [0, 0.1) is 0 Å². The van der Waals surface area contributed by atoms with Crippen molar-refractivity contribution in [1.29, 1.82) is 0 Å². The largest absolute Gasteiger partial charge is 0.480 e. The Morgan fingerprint density at radius 2 is 1.70 bits per heavy atom. The summed E-state index contributed by atoms with van der Waals surface area (Å²) in [5, 5.41) is 2.01. The van der Waals surface area contributed by atoms with E-state index in [0.717, 1.165) is 10.4 Å². The van der Waals surface area contributed by atoms with E-state index in [1.807, 2.05) is 78.2 Å². The van der Waals surface area contributed by atoms with E-state index in [1.165, 1.54) is 0 Å². The fourth-order valence-corrected chi connectivity index (χ4v) is 3.43. The van der Waals surface area contributed by atoms with Crippen LogP contribution in [0.25, 0.3) is 6.08 Å². The summed E-state index contributed by atoms with van der Waals surface area (Å²) in [6.45, 7) is 0. The highest BCUT2D eigenvalue weighted by Gasteiger charge is 2.32. The van der Waals surface area contributed by atoms with E-state index >= 15 is 0 Å². The molecule has 3 aromatic rings. The molecule has 2 heterocycles. The molecule has 112 valence electrons. The Kier molecular flexibility index (Phi) is 3.56. The summed E-state index contributed by atoms with van der Waals surface area (Å²) in [4.78, 5) is 14.0. The van der Waals surface area contributed by atoms with Crippen LogP contribution in [0.2, 0.25) is 0 Å². The van der Waals surface area contributed by atoms with Gasteiger partial charge in [0.1, 0.15) is 5.75 Å². The molecule has 3 heteroatoms. The zero-order valence-corrected chi connectivity index (χ0v) is 13.1. The van der Waals surface area contributed by atoms with E-state index in [1.54, 1.807) is 11.3 Å². The quantitative estimate of drug-likeness (QED) is 0.611.